The van der Waals surface area contributed by atoms with E-state index in [2.05, 4.69) is 22.6 Å². The van der Waals surface area contributed by atoms with Crippen LogP contribution in [0.25, 0.3) is 5.69 Å². The van der Waals surface area contributed by atoms with Crippen LogP contribution in [0.3, 0.4) is 0 Å². The summed E-state index contributed by atoms with van der Waals surface area (Å²) >= 11 is 9.31. The largest absolute Gasteiger partial charge is 0.446 e. The van der Waals surface area contributed by atoms with E-state index < -0.39 is 17.2 Å². The lowest BCUT2D eigenvalue weighted by atomic mass is 10.1. The van der Waals surface area contributed by atoms with Gasteiger partial charge in [0.25, 0.3) is 0 Å². The molecule has 0 spiro atoms. The van der Waals surface area contributed by atoms with E-state index in [-0.39, 0.29) is 38.9 Å². The fourth-order valence-electron chi connectivity index (χ4n) is 2.05. The van der Waals surface area contributed by atoms with Crippen LogP contribution in [-0.2, 0) is 6.18 Å². The van der Waals surface area contributed by atoms with E-state index in [1.54, 1.807) is 0 Å². The highest BCUT2D eigenvalue weighted by Crippen LogP contribution is 2.43. The number of alkyl halides is 6. The van der Waals surface area contributed by atoms with Gasteiger partial charge in [-0.25, -0.2) is 4.68 Å². The van der Waals surface area contributed by atoms with Crippen LogP contribution in [0.4, 0.5) is 37.8 Å². The predicted molar refractivity (Wildman–Crippen MR) is 92.4 cm³/mol. The molecule has 4 nitrogen and oxygen atoms in total. The van der Waals surface area contributed by atoms with Crippen molar-refractivity contribution in [2.24, 2.45) is 0 Å². The minimum atomic E-state index is -4.66. The zero-order chi connectivity index (χ0) is 19.9. The Bertz CT molecular complexity index is 803. The van der Waals surface area contributed by atoms with Crippen molar-refractivity contribution >= 4 is 47.7 Å². The maximum absolute atomic E-state index is 12.9. The van der Waals surface area contributed by atoms with Crippen molar-refractivity contribution in [2.75, 3.05) is 23.7 Å². The molecule has 0 aliphatic heterocycles. The molecule has 0 unspecified atom stereocenters. The molecule has 0 atom stereocenters. The van der Waals surface area contributed by atoms with Gasteiger partial charge in [0.05, 0.1) is 21.2 Å². The van der Waals surface area contributed by atoms with Gasteiger partial charge in [-0.1, -0.05) is 24.4 Å². The van der Waals surface area contributed by atoms with Gasteiger partial charge in [-0.3, -0.25) is 0 Å². The van der Waals surface area contributed by atoms with Crippen molar-refractivity contribution in [1.82, 2.24) is 9.78 Å². The van der Waals surface area contributed by atoms with Crippen LogP contribution in [0.2, 0.25) is 5.02 Å². The van der Waals surface area contributed by atoms with Gasteiger partial charge in [0.1, 0.15) is 5.69 Å². The highest BCUT2D eigenvalue weighted by molar-refractivity contribution is 8.00. The summed E-state index contributed by atoms with van der Waals surface area (Å²) in [5.41, 5.74) is -5.82. The van der Waals surface area contributed by atoms with E-state index in [4.69, 9.17) is 11.6 Å². The zero-order valence-electron chi connectivity index (χ0n) is 13.1. The first-order valence-electron chi connectivity index (χ1n) is 6.67. The zero-order valence-corrected chi connectivity index (χ0v) is 15.5. The lowest BCUT2D eigenvalue weighted by Crippen LogP contribution is -2.12. The number of halogens is 7. The summed E-state index contributed by atoms with van der Waals surface area (Å²) in [5.74, 6) is -0.0200. The molecule has 0 aliphatic rings. The Kier molecular flexibility index (Phi) is 5.88. The maximum Gasteiger partial charge on any atom is 0.446 e. The Balaban J connectivity index is 2.63. The van der Waals surface area contributed by atoms with E-state index in [0.717, 1.165) is 16.9 Å². The summed E-state index contributed by atoms with van der Waals surface area (Å²) in [6.07, 6.45) is -3.62. The molecule has 2 aromatic rings. The Morgan fingerprint density at radius 2 is 1.81 bits per heavy atom. The second-order valence-electron chi connectivity index (χ2n) is 5.17. The maximum atomic E-state index is 12.9. The lowest BCUT2D eigenvalue weighted by molar-refractivity contribution is -0.137. The predicted octanol–water partition coefficient (Wildman–Crippen LogP) is 5.48. The van der Waals surface area contributed by atoms with Gasteiger partial charge in [-0.15, -0.1) is 5.10 Å². The molecule has 26 heavy (non-hydrogen) atoms. The number of thioether (sulfide) groups is 1. The number of hydrogen-bond donors (Lipinski definition) is 2. The molecular formula is C13H11ClF6N4S2. The molecule has 0 radical (unpaired) electrons. The van der Waals surface area contributed by atoms with Crippen LogP contribution in [0.1, 0.15) is 5.56 Å². The number of nitrogens with zero attached hydrogens (tertiary/aromatic N) is 3. The van der Waals surface area contributed by atoms with E-state index in [1.807, 2.05) is 0 Å². The second kappa shape index (κ2) is 7.31. The topological polar surface area (TPSA) is 33.1 Å². The van der Waals surface area contributed by atoms with Crippen LogP contribution in [-0.4, -0.2) is 29.4 Å². The Morgan fingerprint density at radius 1 is 1.19 bits per heavy atom. The van der Waals surface area contributed by atoms with Crippen molar-refractivity contribution in [3.05, 3.63) is 28.9 Å². The third kappa shape index (κ3) is 4.65. The van der Waals surface area contributed by atoms with Crippen molar-refractivity contribution in [1.29, 1.82) is 0 Å². The normalized spacial score (nSPS) is 12.4. The fraction of sp³-hybridized carbons (Fsp3) is 0.308. The molecule has 1 aromatic carbocycles. The van der Waals surface area contributed by atoms with Gasteiger partial charge >= 0.3 is 11.7 Å². The molecule has 13 heteroatoms. The standard InChI is InChI=1S/C13H11ClF6N4S2/c1-23(2)11-9(26-13(18,19)20)5-24(21-11)10-7(14)3-6(12(15,16)17)4-8(10)22-25/h3-5,22,25H,1-2H3. The summed E-state index contributed by atoms with van der Waals surface area (Å²) in [6, 6.07) is 1.40. The number of aromatic nitrogens is 2. The molecule has 0 saturated carbocycles. The molecule has 0 saturated heterocycles. The highest BCUT2D eigenvalue weighted by atomic mass is 35.5. The van der Waals surface area contributed by atoms with E-state index in [9.17, 15) is 26.3 Å². The fourth-order valence-corrected chi connectivity index (χ4v) is 3.24. The van der Waals surface area contributed by atoms with E-state index in [0.29, 0.717) is 6.07 Å². The van der Waals surface area contributed by atoms with E-state index in [1.165, 1.54) is 19.0 Å². The molecule has 0 aliphatic carbocycles. The van der Waals surface area contributed by atoms with Crippen molar-refractivity contribution in [3.8, 4) is 5.69 Å². The van der Waals surface area contributed by atoms with Gasteiger partial charge in [-0.05, 0) is 23.9 Å². The number of nitrogens with one attached hydrogen (secondary N) is 1. The molecule has 0 amide bonds. The van der Waals surface area contributed by atoms with Crippen LogP contribution in [0, 0.1) is 0 Å². The molecule has 2 rings (SSSR count). The third-order valence-electron chi connectivity index (χ3n) is 3.05. The molecular weight excluding hydrogens is 426 g/mol. The summed E-state index contributed by atoms with van der Waals surface area (Å²) in [4.78, 5) is 1.11. The number of benzene rings is 1. The first-order chi connectivity index (χ1) is 11.8. The molecule has 0 fully saturated rings. The van der Waals surface area contributed by atoms with Crippen molar-refractivity contribution in [2.45, 2.75) is 16.6 Å². The minimum absolute atomic E-state index is 0.0200. The Hall–Kier alpha value is -1.40. The van der Waals surface area contributed by atoms with Crippen LogP contribution in [0.15, 0.2) is 23.2 Å². The number of hydrogen-bond acceptors (Lipinski definition) is 5. The van der Waals surface area contributed by atoms with Crippen LogP contribution < -0.4 is 9.62 Å². The summed E-state index contributed by atoms with van der Waals surface area (Å²) in [5, 5.41) is 3.65. The van der Waals surface area contributed by atoms with E-state index >= 15 is 0 Å². The number of rotatable bonds is 4. The van der Waals surface area contributed by atoms with Crippen LogP contribution in [0.5, 0.6) is 0 Å². The molecule has 1 heterocycles. The summed E-state index contributed by atoms with van der Waals surface area (Å²) in [6.45, 7) is 0. The third-order valence-corrected chi connectivity index (χ3v) is 4.32. The second-order valence-corrected chi connectivity index (χ2v) is 6.91. The average Bonchev–Trinajstić information content (AvgIpc) is 2.86. The summed E-state index contributed by atoms with van der Waals surface area (Å²) < 4.78 is 80.2. The number of anilines is 2. The first kappa shape index (κ1) is 20.9. The lowest BCUT2D eigenvalue weighted by Gasteiger charge is -2.15. The summed E-state index contributed by atoms with van der Waals surface area (Å²) in [7, 11) is 2.97. The van der Waals surface area contributed by atoms with Gasteiger partial charge in [0, 0.05) is 20.3 Å². The smallest absolute Gasteiger partial charge is 0.360 e. The highest BCUT2D eigenvalue weighted by Gasteiger charge is 2.34. The van der Waals surface area contributed by atoms with Crippen LogP contribution >= 0.6 is 36.2 Å². The molecule has 1 aromatic heterocycles. The van der Waals surface area contributed by atoms with Gasteiger partial charge in [0.15, 0.2) is 5.82 Å². The van der Waals surface area contributed by atoms with Crippen molar-refractivity contribution < 1.29 is 26.3 Å². The first-order valence-corrected chi connectivity index (χ1v) is 8.31. The SMILES string of the molecule is CN(C)c1nn(-c2c(Cl)cc(C(F)(F)F)cc2NS)cc1SC(F)(F)F. The van der Waals surface area contributed by atoms with Gasteiger partial charge < -0.3 is 9.62 Å². The number of thiol groups is 1. The minimum Gasteiger partial charge on any atom is -0.360 e. The molecule has 0 bridgehead atoms. The van der Waals surface area contributed by atoms with Gasteiger partial charge in [-0.2, -0.15) is 26.3 Å². The monoisotopic (exact) mass is 436 g/mol. The quantitative estimate of drug-likeness (QED) is 0.378. The Labute approximate surface area is 159 Å². The Morgan fingerprint density at radius 3 is 2.27 bits per heavy atom. The average molecular weight is 437 g/mol. The van der Waals surface area contributed by atoms with Gasteiger partial charge in [0.2, 0.25) is 0 Å². The molecule has 144 valence electrons. The van der Waals surface area contributed by atoms with Crippen molar-refractivity contribution in [3.63, 3.8) is 0 Å². The molecule has 1 N–H and O–H groups in total.